The van der Waals surface area contributed by atoms with Crippen LogP contribution in [0.5, 0.6) is 0 Å². The Hall–Kier alpha value is -2.30. The lowest BCUT2D eigenvalue weighted by Gasteiger charge is -2.16. The Bertz CT molecular complexity index is 506. The van der Waals surface area contributed by atoms with E-state index in [4.69, 9.17) is 5.73 Å². The summed E-state index contributed by atoms with van der Waals surface area (Å²) < 4.78 is 0. The minimum Gasteiger partial charge on any atom is -0.396 e. The van der Waals surface area contributed by atoms with Crippen molar-refractivity contribution >= 4 is 11.6 Å². The van der Waals surface area contributed by atoms with E-state index in [9.17, 15) is 4.79 Å². The van der Waals surface area contributed by atoms with E-state index in [1.165, 1.54) is 6.20 Å². The molecule has 5 heteroatoms. The van der Waals surface area contributed by atoms with Gasteiger partial charge in [0.2, 0.25) is 0 Å². The smallest absolute Gasteiger partial charge is 0.274 e. The highest BCUT2D eigenvalue weighted by Gasteiger charge is 2.16. The Morgan fingerprint density at radius 1 is 1.41 bits per heavy atom. The molecular weight excluding hydrogens is 216 g/mol. The van der Waals surface area contributed by atoms with E-state index in [1.54, 1.807) is 11.9 Å². The molecule has 1 amide bonds. The van der Waals surface area contributed by atoms with Gasteiger partial charge in [0.25, 0.3) is 5.91 Å². The zero-order chi connectivity index (χ0) is 12.3. The van der Waals surface area contributed by atoms with Gasteiger partial charge in [-0.15, -0.1) is 0 Å². The molecule has 88 valence electrons. The minimum atomic E-state index is -0.163. The van der Waals surface area contributed by atoms with Crippen LogP contribution in [-0.4, -0.2) is 28.1 Å². The number of aromatic amines is 1. The van der Waals surface area contributed by atoms with Gasteiger partial charge in [-0.1, -0.05) is 30.3 Å². The molecule has 0 aliphatic carbocycles. The molecule has 0 saturated heterocycles. The maximum Gasteiger partial charge on any atom is 0.274 e. The Kier molecular flexibility index (Phi) is 3.09. The third-order valence-electron chi connectivity index (χ3n) is 2.49. The molecule has 0 atom stereocenters. The van der Waals surface area contributed by atoms with Crippen LogP contribution < -0.4 is 5.73 Å². The Balaban J connectivity index is 2.09. The van der Waals surface area contributed by atoms with Gasteiger partial charge in [0.05, 0.1) is 11.9 Å². The number of rotatable bonds is 3. The zero-order valence-electron chi connectivity index (χ0n) is 9.55. The van der Waals surface area contributed by atoms with Crippen molar-refractivity contribution in [1.29, 1.82) is 0 Å². The molecule has 1 aromatic carbocycles. The lowest BCUT2D eigenvalue weighted by Crippen LogP contribution is -2.27. The lowest BCUT2D eigenvalue weighted by atomic mass is 10.2. The van der Waals surface area contributed by atoms with Crippen molar-refractivity contribution in [1.82, 2.24) is 15.1 Å². The number of hydrogen-bond donors (Lipinski definition) is 2. The number of nitrogens with two attached hydrogens (primary N) is 1. The van der Waals surface area contributed by atoms with E-state index < -0.39 is 0 Å². The molecule has 17 heavy (non-hydrogen) atoms. The van der Waals surface area contributed by atoms with Gasteiger partial charge in [0, 0.05) is 13.6 Å². The van der Waals surface area contributed by atoms with Crippen LogP contribution in [0.4, 0.5) is 5.69 Å². The first-order chi connectivity index (χ1) is 8.18. The third-order valence-corrected chi connectivity index (χ3v) is 2.49. The SMILES string of the molecule is CN(Cc1ccccc1)C(=O)c1[nH]ncc1N. The summed E-state index contributed by atoms with van der Waals surface area (Å²) in [5.74, 6) is -0.163. The largest absolute Gasteiger partial charge is 0.396 e. The van der Waals surface area contributed by atoms with E-state index in [2.05, 4.69) is 10.2 Å². The van der Waals surface area contributed by atoms with Crippen LogP contribution in [0.15, 0.2) is 36.5 Å². The summed E-state index contributed by atoms with van der Waals surface area (Å²) in [6.45, 7) is 0.540. The average molecular weight is 230 g/mol. The number of anilines is 1. The van der Waals surface area contributed by atoms with Crippen molar-refractivity contribution in [2.75, 3.05) is 12.8 Å². The summed E-state index contributed by atoms with van der Waals surface area (Å²) in [5.41, 5.74) is 7.41. The van der Waals surface area contributed by atoms with Crippen molar-refractivity contribution in [2.24, 2.45) is 0 Å². The molecular formula is C12H14N4O. The molecule has 0 unspecified atom stereocenters. The Morgan fingerprint density at radius 3 is 2.71 bits per heavy atom. The van der Waals surface area contributed by atoms with Gasteiger partial charge in [0.1, 0.15) is 5.69 Å². The van der Waals surface area contributed by atoms with Crippen LogP contribution in [-0.2, 0) is 6.54 Å². The maximum atomic E-state index is 12.0. The van der Waals surface area contributed by atoms with Gasteiger partial charge >= 0.3 is 0 Å². The molecule has 1 aromatic heterocycles. The molecule has 0 spiro atoms. The van der Waals surface area contributed by atoms with E-state index in [0.29, 0.717) is 17.9 Å². The summed E-state index contributed by atoms with van der Waals surface area (Å²) in [7, 11) is 1.73. The summed E-state index contributed by atoms with van der Waals surface area (Å²) in [4.78, 5) is 13.6. The number of carbonyl (C=O) groups excluding carboxylic acids is 1. The Morgan fingerprint density at radius 2 is 2.12 bits per heavy atom. The monoisotopic (exact) mass is 230 g/mol. The van der Waals surface area contributed by atoms with Gasteiger partial charge in [-0.05, 0) is 5.56 Å². The predicted octanol–water partition coefficient (Wildman–Crippen LogP) is 1.26. The van der Waals surface area contributed by atoms with Crippen LogP contribution in [0, 0.1) is 0 Å². The number of carbonyl (C=O) groups is 1. The highest BCUT2D eigenvalue weighted by atomic mass is 16.2. The van der Waals surface area contributed by atoms with Crippen molar-refractivity contribution < 1.29 is 4.79 Å². The molecule has 5 nitrogen and oxygen atoms in total. The molecule has 0 saturated carbocycles. The van der Waals surface area contributed by atoms with Crippen molar-refractivity contribution in [2.45, 2.75) is 6.54 Å². The molecule has 0 radical (unpaired) electrons. The van der Waals surface area contributed by atoms with Gasteiger partial charge < -0.3 is 10.6 Å². The standard InChI is InChI=1S/C12H14N4O/c1-16(8-9-5-3-2-4-6-9)12(17)11-10(13)7-14-15-11/h2-7H,8,13H2,1H3,(H,14,15). The first kappa shape index (κ1) is 11.2. The fourth-order valence-corrected chi connectivity index (χ4v) is 1.59. The van der Waals surface area contributed by atoms with Gasteiger partial charge in [-0.25, -0.2) is 0 Å². The predicted molar refractivity (Wildman–Crippen MR) is 65.2 cm³/mol. The van der Waals surface area contributed by atoms with E-state index >= 15 is 0 Å². The molecule has 0 aliphatic heterocycles. The van der Waals surface area contributed by atoms with Crippen molar-refractivity contribution in [3.8, 4) is 0 Å². The molecule has 0 bridgehead atoms. The van der Waals surface area contributed by atoms with E-state index in [-0.39, 0.29) is 5.91 Å². The first-order valence-electron chi connectivity index (χ1n) is 5.26. The van der Waals surface area contributed by atoms with Gasteiger partial charge in [-0.2, -0.15) is 5.10 Å². The number of amides is 1. The zero-order valence-corrected chi connectivity index (χ0v) is 9.55. The van der Waals surface area contributed by atoms with Crippen LogP contribution in [0.25, 0.3) is 0 Å². The molecule has 0 aliphatic rings. The number of nitrogens with one attached hydrogen (secondary N) is 1. The summed E-state index contributed by atoms with van der Waals surface area (Å²) in [5, 5.41) is 6.34. The summed E-state index contributed by atoms with van der Waals surface area (Å²) in [6.07, 6.45) is 1.43. The van der Waals surface area contributed by atoms with Crippen LogP contribution in [0.2, 0.25) is 0 Å². The summed E-state index contributed by atoms with van der Waals surface area (Å²) in [6, 6.07) is 9.77. The second-order valence-electron chi connectivity index (χ2n) is 3.85. The normalized spacial score (nSPS) is 10.2. The first-order valence-corrected chi connectivity index (χ1v) is 5.26. The summed E-state index contributed by atoms with van der Waals surface area (Å²) >= 11 is 0. The molecule has 2 aromatic rings. The second kappa shape index (κ2) is 4.69. The number of H-pyrrole nitrogens is 1. The highest BCUT2D eigenvalue weighted by Crippen LogP contribution is 2.11. The molecule has 2 rings (SSSR count). The molecule has 1 heterocycles. The van der Waals surface area contributed by atoms with Gasteiger partial charge in [0.15, 0.2) is 0 Å². The second-order valence-corrected chi connectivity index (χ2v) is 3.85. The van der Waals surface area contributed by atoms with Gasteiger partial charge in [-0.3, -0.25) is 9.89 Å². The topological polar surface area (TPSA) is 75.0 Å². The number of aromatic nitrogens is 2. The van der Waals surface area contributed by atoms with Crippen LogP contribution in [0.3, 0.4) is 0 Å². The maximum absolute atomic E-state index is 12.0. The van der Waals surface area contributed by atoms with Crippen molar-refractivity contribution in [3.63, 3.8) is 0 Å². The number of nitrogens with zero attached hydrogens (tertiary/aromatic N) is 2. The third kappa shape index (κ3) is 2.44. The lowest BCUT2D eigenvalue weighted by molar-refractivity contribution is 0.0780. The van der Waals surface area contributed by atoms with Crippen LogP contribution in [0.1, 0.15) is 16.1 Å². The minimum absolute atomic E-state index is 0.163. The molecule has 3 N–H and O–H groups in total. The highest BCUT2D eigenvalue weighted by molar-refractivity contribution is 5.96. The fraction of sp³-hybridized carbons (Fsp3) is 0.167. The van der Waals surface area contributed by atoms with E-state index in [1.807, 2.05) is 30.3 Å². The number of hydrogen-bond acceptors (Lipinski definition) is 3. The fourth-order valence-electron chi connectivity index (χ4n) is 1.59. The van der Waals surface area contributed by atoms with E-state index in [0.717, 1.165) is 5.56 Å². The number of benzene rings is 1. The average Bonchev–Trinajstić information content (AvgIpc) is 2.76. The molecule has 0 fully saturated rings. The Labute approximate surface area is 99.2 Å². The quantitative estimate of drug-likeness (QED) is 0.833. The van der Waals surface area contributed by atoms with Crippen LogP contribution >= 0.6 is 0 Å². The van der Waals surface area contributed by atoms with Crippen molar-refractivity contribution in [3.05, 3.63) is 47.8 Å². The number of nitrogen functional groups attached to an aromatic ring is 1.